The zero-order valence-electron chi connectivity index (χ0n) is 10.2. The van der Waals surface area contributed by atoms with Crippen molar-refractivity contribution in [3.05, 3.63) is 34.9 Å². The molecule has 2 rings (SSSR count). The first kappa shape index (κ1) is 12.2. The summed E-state index contributed by atoms with van der Waals surface area (Å²) in [6.07, 6.45) is 1.23. The third-order valence-electron chi connectivity index (χ3n) is 3.06. The van der Waals surface area contributed by atoms with Gasteiger partial charge in [0.05, 0.1) is 0 Å². The average Bonchev–Trinajstić information content (AvgIpc) is 3.02. The summed E-state index contributed by atoms with van der Waals surface area (Å²) in [7, 11) is 1.79. The number of nitrogens with one attached hydrogen (secondary N) is 2. The van der Waals surface area contributed by atoms with Crippen molar-refractivity contribution >= 4 is 17.6 Å². The minimum Gasteiger partial charge on any atom is -0.353 e. The summed E-state index contributed by atoms with van der Waals surface area (Å²) < 4.78 is 0. The van der Waals surface area contributed by atoms with E-state index < -0.39 is 0 Å². The Balaban J connectivity index is 1.86. The van der Waals surface area contributed by atoms with E-state index in [9.17, 15) is 0 Å². The zero-order valence-corrected chi connectivity index (χ0v) is 11.0. The van der Waals surface area contributed by atoms with Crippen LogP contribution in [0.4, 0.5) is 0 Å². The molecule has 1 aromatic rings. The van der Waals surface area contributed by atoms with Crippen LogP contribution in [0.2, 0.25) is 5.02 Å². The van der Waals surface area contributed by atoms with Crippen molar-refractivity contribution in [3.63, 3.8) is 0 Å². The van der Waals surface area contributed by atoms with Gasteiger partial charge in [-0.2, -0.15) is 0 Å². The van der Waals surface area contributed by atoms with Gasteiger partial charge in [0.15, 0.2) is 5.96 Å². The van der Waals surface area contributed by atoms with Gasteiger partial charge in [-0.25, -0.2) is 0 Å². The van der Waals surface area contributed by atoms with E-state index in [-0.39, 0.29) is 0 Å². The fourth-order valence-electron chi connectivity index (χ4n) is 1.71. The van der Waals surface area contributed by atoms with Crippen molar-refractivity contribution in [2.75, 3.05) is 7.05 Å². The van der Waals surface area contributed by atoms with Crippen molar-refractivity contribution in [3.8, 4) is 0 Å². The summed E-state index contributed by atoms with van der Waals surface area (Å²) >= 11 is 6.09. The Morgan fingerprint density at radius 1 is 1.47 bits per heavy atom. The quantitative estimate of drug-likeness (QED) is 0.639. The fourth-order valence-corrected chi connectivity index (χ4v) is 1.92. The number of aliphatic imine (C=N–C) groups is 1. The smallest absolute Gasteiger partial charge is 0.191 e. The van der Waals surface area contributed by atoms with Crippen LogP contribution in [-0.2, 0) is 6.54 Å². The largest absolute Gasteiger partial charge is 0.353 e. The van der Waals surface area contributed by atoms with E-state index in [1.807, 2.05) is 24.3 Å². The Morgan fingerprint density at radius 2 is 2.18 bits per heavy atom. The van der Waals surface area contributed by atoms with Gasteiger partial charge in [-0.3, -0.25) is 4.99 Å². The number of guanidine groups is 1. The highest BCUT2D eigenvalue weighted by Crippen LogP contribution is 2.28. The lowest BCUT2D eigenvalue weighted by Gasteiger charge is -2.12. The first-order valence-corrected chi connectivity index (χ1v) is 6.29. The van der Waals surface area contributed by atoms with Gasteiger partial charge in [0.25, 0.3) is 0 Å². The second kappa shape index (κ2) is 5.41. The van der Waals surface area contributed by atoms with E-state index in [4.69, 9.17) is 11.6 Å². The maximum absolute atomic E-state index is 6.09. The highest BCUT2D eigenvalue weighted by Gasteiger charge is 2.33. The molecular formula is C13H18ClN3. The van der Waals surface area contributed by atoms with Gasteiger partial charge in [0, 0.05) is 24.7 Å². The Morgan fingerprint density at radius 3 is 2.76 bits per heavy atom. The number of halogens is 1. The van der Waals surface area contributed by atoms with Crippen LogP contribution < -0.4 is 10.6 Å². The number of hydrogen-bond donors (Lipinski definition) is 2. The predicted octanol–water partition coefficient (Wildman–Crippen LogP) is 2.41. The Kier molecular flexibility index (Phi) is 3.89. The maximum Gasteiger partial charge on any atom is 0.191 e. The average molecular weight is 252 g/mol. The van der Waals surface area contributed by atoms with Crippen LogP contribution in [0.25, 0.3) is 0 Å². The summed E-state index contributed by atoms with van der Waals surface area (Å²) in [5.41, 5.74) is 1.08. The molecule has 0 heterocycles. The summed E-state index contributed by atoms with van der Waals surface area (Å²) in [5.74, 6) is 1.60. The molecule has 0 amide bonds. The van der Waals surface area contributed by atoms with Crippen molar-refractivity contribution in [1.29, 1.82) is 0 Å². The van der Waals surface area contributed by atoms with Crippen LogP contribution in [-0.4, -0.2) is 19.0 Å². The molecule has 17 heavy (non-hydrogen) atoms. The minimum atomic E-state index is 0.576. The fraction of sp³-hybridized carbons (Fsp3) is 0.462. The summed E-state index contributed by atoms with van der Waals surface area (Å²) in [6.45, 7) is 2.93. The molecule has 0 spiro atoms. The Bertz CT molecular complexity index is 417. The van der Waals surface area contributed by atoms with Crippen molar-refractivity contribution < 1.29 is 0 Å². The molecule has 1 aliphatic carbocycles. The van der Waals surface area contributed by atoms with E-state index in [0.717, 1.165) is 22.5 Å². The van der Waals surface area contributed by atoms with Gasteiger partial charge in [0.2, 0.25) is 0 Å². The molecule has 0 aliphatic heterocycles. The number of rotatable bonds is 3. The normalized spacial score (nSPS) is 23.4. The van der Waals surface area contributed by atoms with Crippen molar-refractivity contribution in [2.45, 2.75) is 25.9 Å². The Hall–Kier alpha value is -1.22. The maximum atomic E-state index is 6.09. The van der Waals surface area contributed by atoms with Crippen LogP contribution in [0.1, 0.15) is 18.9 Å². The number of nitrogens with zero attached hydrogens (tertiary/aromatic N) is 1. The van der Waals surface area contributed by atoms with Crippen molar-refractivity contribution in [2.24, 2.45) is 10.9 Å². The van der Waals surface area contributed by atoms with E-state index in [0.29, 0.717) is 12.6 Å². The van der Waals surface area contributed by atoms with Crippen LogP contribution in [0.5, 0.6) is 0 Å². The Labute approximate surface area is 107 Å². The SMILES string of the molecule is CN=C(NCc1ccccc1Cl)NC1CC1C. The van der Waals surface area contributed by atoms with Crippen LogP contribution in [0.3, 0.4) is 0 Å². The predicted molar refractivity (Wildman–Crippen MR) is 72.4 cm³/mol. The lowest BCUT2D eigenvalue weighted by molar-refractivity contribution is 0.763. The summed E-state index contributed by atoms with van der Waals surface area (Å²) in [5, 5.41) is 7.44. The molecule has 1 aromatic carbocycles. The van der Waals surface area contributed by atoms with Gasteiger partial charge in [0.1, 0.15) is 0 Å². The van der Waals surface area contributed by atoms with E-state index >= 15 is 0 Å². The van der Waals surface area contributed by atoms with Gasteiger partial charge in [-0.15, -0.1) is 0 Å². The molecule has 1 aliphatic rings. The molecule has 3 nitrogen and oxygen atoms in total. The molecule has 2 atom stereocenters. The third kappa shape index (κ3) is 3.37. The van der Waals surface area contributed by atoms with E-state index in [1.165, 1.54) is 6.42 Å². The first-order valence-electron chi connectivity index (χ1n) is 5.91. The monoisotopic (exact) mass is 251 g/mol. The molecule has 0 aromatic heterocycles. The van der Waals surface area contributed by atoms with Crippen molar-refractivity contribution in [1.82, 2.24) is 10.6 Å². The first-order chi connectivity index (χ1) is 8.20. The van der Waals surface area contributed by atoms with Gasteiger partial charge >= 0.3 is 0 Å². The molecule has 1 saturated carbocycles. The molecule has 92 valence electrons. The molecule has 1 fully saturated rings. The summed E-state index contributed by atoms with van der Waals surface area (Å²) in [6, 6.07) is 8.42. The van der Waals surface area contributed by atoms with Crippen LogP contribution in [0.15, 0.2) is 29.3 Å². The number of benzene rings is 1. The summed E-state index contributed by atoms with van der Waals surface area (Å²) in [4.78, 5) is 4.20. The zero-order chi connectivity index (χ0) is 12.3. The molecule has 0 radical (unpaired) electrons. The molecular weight excluding hydrogens is 234 g/mol. The molecule has 0 saturated heterocycles. The van der Waals surface area contributed by atoms with Gasteiger partial charge < -0.3 is 10.6 Å². The highest BCUT2D eigenvalue weighted by atomic mass is 35.5. The van der Waals surface area contributed by atoms with E-state index in [2.05, 4.69) is 22.5 Å². The third-order valence-corrected chi connectivity index (χ3v) is 3.43. The standard InChI is InChI=1S/C13H18ClN3/c1-9-7-12(9)17-13(15-2)16-8-10-5-3-4-6-11(10)14/h3-6,9,12H,7-8H2,1-2H3,(H2,15,16,17). The van der Waals surface area contributed by atoms with Gasteiger partial charge in [-0.1, -0.05) is 36.7 Å². The van der Waals surface area contributed by atoms with Crippen LogP contribution >= 0.6 is 11.6 Å². The lowest BCUT2D eigenvalue weighted by atomic mass is 10.2. The second-order valence-electron chi connectivity index (χ2n) is 4.48. The minimum absolute atomic E-state index is 0.576. The van der Waals surface area contributed by atoms with E-state index in [1.54, 1.807) is 7.05 Å². The molecule has 2 unspecified atom stereocenters. The highest BCUT2D eigenvalue weighted by molar-refractivity contribution is 6.31. The lowest BCUT2D eigenvalue weighted by Crippen LogP contribution is -2.38. The molecule has 0 bridgehead atoms. The molecule has 2 N–H and O–H groups in total. The second-order valence-corrected chi connectivity index (χ2v) is 4.89. The molecule has 4 heteroatoms. The van der Waals surface area contributed by atoms with Gasteiger partial charge in [-0.05, 0) is 24.0 Å². The number of hydrogen-bond acceptors (Lipinski definition) is 1. The van der Waals surface area contributed by atoms with Crippen LogP contribution in [0, 0.1) is 5.92 Å². The topological polar surface area (TPSA) is 36.4 Å².